The number of nitrogens with one attached hydrogen (secondary N) is 2. The average Bonchev–Trinajstić information content (AvgIpc) is 2.26. The number of hydrogen-bond acceptors (Lipinski definition) is 3. The van der Waals surface area contributed by atoms with Crippen LogP contribution in [0.3, 0.4) is 0 Å². The van der Waals surface area contributed by atoms with Crippen LogP contribution in [0.4, 0.5) is 0 Å². The highest BCUT2D eigenvalue weighted by Gasteiger charge is 2.05. The van der Waals surface area contributed by atoms with Crippen LogP contribution in [-0.4, -0.2) is 22.0 Å². The number of rotatable bonds is 5. The average molecular weight is 239 g/mol. The van der Waals surface area contributed by atoms with E-state index in [0.717, 1.165) is 12.8 Å². The Labute approximate surface area is 98.7 Å². The molecule has 1 aromatic heterocycles. The van der Waals surface area contributed by atoms with Crippen LogP contribution >= 0.6 is 0 Å². The molecule has 0 saturated heterocycles. The van der Waals surface area contributed by atoms with Crippen molar-refractivity contribution >= 4 is 5.91 Å². The van der Waals surface area contributed by atoms with Gasteiger partial charge in [-0.05, 0) is 13.3 Å². The van der Waals surface area contributed by atoms with Gasteiger partial charge < -0.3 is 5.32 Å². The molecule has 0 aliphatic rings. The minimum Gasteiger partial charge on any atom is -0.355 e. The van der Waals surface area contributed by atoms with Crippen LogP contribution in [0.25, 0.3) is 0 Å². The van der Waals surface area contributed by atoms with Crippen molar-refractivity contribution in [2.75, 3.05) is 6.54 Å². The van der Waals surface area contributed by atoms with Crippen LogP contribution < -0.4 is 16.6 Å². The summed E-state index contributed by atoms with van der Waals surface area (Å²) in [4.78, 5) is 36.1. The van der Waals surface area contributed by atoms with Gasteiger partial charge in [0.2, 0.25) is 5.91 Å². The summed E-state index contributed by atoms with van der Waals surface area (Å²) in [5.41, 5.74) is -0.574. The molecule has 0 bridgehead atoms. The van der Waals surface area contributed by atoms with E-state index < -0.39 is 11.2 Å². The van der Waals surface area contributed by atoms with Crippen molar-refractivity contribution < 1.29 is 4.79 Å². The minimum absolute atomic E-state index is 0.0693. The van der Waals surface area contributed by atoms with Crippen molar-refractivity contribution in [1.82, 2.24) is 14.9 Å². The SMILES string of the molecule is CCCCNC(=O)Cn1cc(C)c(=O)[nH]c1=O. The minimum atomic E-state index is -0.564. The van der Waals surface area contributed by atoms with E-state index in [1.54, 1.807) is 6.92 Å². The second kappa shape index (κ2) is 6.03. The summed E-state index contributed by atoms with van der Waals surface area (Å²) in [5, 5.41) is 2.70. The van der Waals surface area contributed by atoms with Gasteiger partial charge in [-0.2, -0.15) is 0 Å². The van der Waals surface area contributed by atoms with E-state index in [2.05, 4.69) is 10.3 Å². The number of aromatic amines is 1. The van der Waals surface area contributed by atoms with Crippen molar-refractivity contribution in [3.8, 4) is 0 Å². The quantitative estimate of drug-likeness (QED) is 0.696. The van der Waals surface area contributed by atoms with E-state index in [1.165, 1.54) is 10.8 Å². The molecule has 17 heavy (non-hydrogen) atoms. The van der Waals surface area contributed by atoms with Gasteiger partial charge in [0, 0.05) is 18.3 Å². The molecule has 0 radical (unpaired) electrons. The number of aromatic nitrogens is 2. The van der Waals surface area contributed by atoms with Crippen molar-refractivity contribution in [2.24, 2.45) is 0 Å². The third kappa shape index (κ3) is 3.90. The predicted octanol–water partition coefficient (Wildman–Crippen LogP) is -0.239. The number of carbonyl (C=O) groups is 1. The normalized spacial score (nSPS) is 10.2. The molecule has 0 aliphatic carbocycles. The summed E-state index contributed by atoms with van der Waals surface area (Å²) >= 11 is 0. The van der Waals surface area contributed by atoms with Crippen LogP contribution in [0.5, 0.6) is 0 Å². The fourth-order valence-electron chi connectivity index (χ4n) is 1.35. The first-order chi connectivity index (χ1) is 8.04. The van der Waals surface area contributed by atoms with Gasteiger partial charge >= 0.3 is 5.69 Å². The Balaban J connectivity index is 2.69. The highest BCUT2D eigenvalue weighted by atomic mass is 16.2. The van der Waals surface area contributed by atoms with E-state index >= 15 is 0 Å². The van der Waals surface area contributed by atoms with Gasteiger partial charge in [0.25, 0.3) is 5.56 Å². The van der Waals surface area contributed by atoms with Crippen LogP contribution in [0, 0.1) is 6.92 Å². The molecule has 0 aliphatic heterocycles. The molecule has 0 unspecified atom stereocenters. The molecular weight excluding hydrogens is 222 g/mol. The smallest absolute Gasteiger partial charge is 0.328 e. The fourth-order valence-corrected chi connectivity index (χ4v) is 1.35. The van der Waals surface area contributed by atoms with Crippen LogP contribution in [-0.2, 0) is 11.3 Å². The summed E-state index contributed by atoms with van der Waals surface area (Å²) in [5.74, 6) is -0.230. The monoisotopic (exact) mass is 239 g/mol. The number of H-pyrrole nitrogens is 1. The van der Waals surface area contributed by atoms with E-state index in [0.29, 0.717) is 12.1 Å². The zero-order valence-electron chi connectivity index (χ0n) is 10.1. The Morgan fingerprint density at radius 2 is 2.18 bits per heavy atom. The van der Waals surface area contributed by atoms with Crippen molar-refractivity contribution in [3.05, 3.63) is 32.6 Å². The number of unbranched alkanes of at least 4 members (excludes halogenated alkanes) is 1. The lowest BCUT2D eigenvalue weighted by molar-refractivity contribution is -0.121. The van der Waals surface area contributed by atoms with Gasteiger partial charge in [-0.15, -0.1) is 0 Å². The Morgan fingerprint density at radius 3 is 2.82 bits per heavy atom. The summed E-state index contributed by atoms with van der Waals surface area (Å²) in [6.07, 6.45) is 3.30. The Kier molecular flexibility index (Phi) is 4.68. The van der Waals surface area contributed by atoms with E-state index in [9.17, 15) is 14.4 Å². The Morgan fingerprint density at radius 1 is 1.47 bits per heavy atom. The standard InChI is InChI=1S/C11H17N3O3/c1-3-4-5-12-9(15)7-14-6-8(2)10(16)13-11(14)17/h6H,3-5,7H2,1-2H3,(H,12,15)(H,13,16,17). The first-order valence-electron chi connectivity index (χ1n) is 5.61. The summed E-state index contributed by atoms with van der Waals surface area (Å²) in [7, 11) is 0. The number of hydrogen-bond donors (Lipinski definition) is 2. The van der Waals surface area contributed by atoms with Crippen LogP contribution in [0.2, 0.25) is 0 Å². The van der Waals surface area contributed by atoms with Crippen LogP contribution in [0.15, 0.2) is 15.8 Å². The molecule has 6 heteroatoms. The highest BCUT2D eigenvalue weighted by Crippen LogP contribution is 1.86. The molecule has 1 rings (SSSR count). The second-order valence-electron chi connectivity index (χ2n) is 3.90. The lowest BCUT2D eigenvalue weighted by Crippen LogP contribution is -2.36. The lowest BCUT2D eigenvalue weighted by Gasteiger charge is -2.06. The second-order valence-corrected chi connectivity index (χ2v) is 3.90. The fraction of sp³-hybridized carbons (Fsp3) is 0.545. The molecule has 0 atom stereocenters. The first kappa shape index (κ1) is 13.2. The molecule has 6 nitrogen and oxygen atoms in total. The topological polar surface area (TPSA) is 84.0 Å². The predicted molar refractivity (Wildman–Crippen MR) is 64.0 cm³/mol. The molecule has 0 saturated carbocycles. The zero-order valence-corrected chi connectivity index (χ0v) is 10.1. The number of amides is 1. The largest absolute Gasteiger partial charge is 0.355 e. The summed E-state index contributed by atoms with van der Waals surface area (Å²) < 4.78 is 1.19. The summed E-state index contributed by atoms with van der Waals surface area (Å²) in [6, 6.07) is 0. The third-order valence-electron chi connectivity index (χ3n) is 2.36. The maximum atomic E-state index is 11.5. The molecular formula is C11H17N3O3. The third-order valence-corrected chi connectivity index (χ3v) is 2.36. The molecule has 0 spiro atoms. The van der Waals surface area contributed by atoms with Gasteiger partial charge in [-0.3, -0.25) is 19.1 Å². The highest BCUT2D eigenvalue weighted by molar-refractivity contribution is 5.75. The molecule has 1 aromatic rings. The van der Waals surface area contributed by atoms with Crippen molar-refractivity contribution in [3.63, 3.8) is 0 Å². The lowest BCUT2D eigenvalue weighted by atomic mass is 10.3. The van der Waals surface area contributed by atoms with Gasteiger partial charge in [-0.1, -0.05) is 13.3 Å². The number of nitrogens with zero attached hydrogens (tertiary/aromatic N) is 1. The molecule has 1 amide bonds. The maximum absolute atomic E-state index is 11.5. The molecule has 2 N–H and O–H groups in total. The van der Waals surface area contributed by atoms with E-state index in [-0.39, 0.29) is 12.5 Å². The van der Waals surface area contributed by atoms with Gasteiger partial charge in [0.15, 0.2) is 0 Å². The molecule has 0 aromatic carbocycles. The summed E-state index contributed by atoms with van der Waals surface area (Å²) in [6.45, 7) is 4.15. The Hall–Kier alpha value is -1.85. The Bertz CT molecular complexity index is 501. The molecule has 1 heterocycles. The molecule has 0 fully saturated rings. The number of aryl methyl sites for hydroxylation is 1. The first-order valence-corrected chi connectivity index (χ1v) is 5.61. The van der Waals surface area contributed by atoms with E-state index in [1.807, 2.05) is 6.92 Å². The maximum Gasteiger partial charge on any atom is 0.328 e. The van der Waals surface area contributed by atoms with Gasteiger partial charge in [0.1, 0.15) is 6.54 Å². The van der Waals surface area contributed by atoms with Gasteiger partial charge in [-0.25, -0.2) is 4.79 Å². The van der Waals surface area contributed by atoms with Gasteiger partial charge in [0.05, 0.1) is 0 Å². The van der Waals surface area contributed by atoms with Crippen LogP contribution in [0.1, 0.15) is 25.3 Å². The van der Waals surface area contributed by atoms with E-state index in [4.69, 9.17) is 0 Å². The number of carbonyl (C=O) groups excluding carboxylic acids is 1. The van der Waals surface area contributed by atoms with Crippen molar-refractivity contribution in [1.29, 1.82) is 0 Å². The molecule has 94 valence electrons. The zero-order chi connectivity index (χ0) is 12.8. The van der Waals surface area contributed by atoms with Crippen molar-refractivity contribution in [2.45, 2.75) is 33.2 Å².